The van der Waals surface area contributed by atoms with Crippen molar-refractivity contribution in [2.24, 2.45) is 0 Å². The second kappa shape index (κ2) is 7.58. The molecule has 0 spiro atoms. The number of hydrogen-bond donors (Lipinski definition) is 1. The van der Waals surface area contributed by atoms with Crippen molar-refractivity contribution >= 4 is 5.91 Å². The minimum absolute atomic E-state index is 0.0189. The van der Waals surface area contributed by atoms with Crippen LogP contribution in [0, 0.1) is 5.82 Å². The maximum absolute atomic E-state index is 13.9. The zero-order valence-corrected chi connectivity index (χ0v) is 13.9. The van der Waals surface area contributed by atoms with Crippen LogP contribution in [0.3, 0.4) is 0 Å². The van der Waals surface area contributed by atoms with Gasteiger partial charge in [-0.2, -0.15) is 0 Å². The van der Waals surface area contributed by atoms with E-state index in [1.54, 1.807) is 12.1 Å². The Balaban J connectivity index is 1.59. The molecule has 0 bridgehead atoms. The number of halogens is 1. The summed E-state index contributed by atoms with van der Waals surface area (Å²) in [5, 5.41) is 3.04. The molecular formula is C20H23FN2O. The first-order valence-corrected chi connectivity index (χ1v) is 8.45. The lowest BCUT2D eigenvalue weighted by atomic mass is 10.1. The molecule has 3 nitrogen and oxygen atoms in total. The maximum Gasteiger partial charge on any atom is 0.234 e. The molecule has 0 aliphatic heterocycles. The smallest absolute Gasteiger partial charge is 0.234 e. The molecular weight excluding hydrogens is 303 g/mol. The topological polar surface area (TPSA) is 32.3 Å². The number of nitrogens with zero attached hydrogens (tertiary/aromatic N) is 1. The highest BCUT2D eigenvalue weighted by atomic mass is 19.1. The normalized spacial score (nSPS) is 15.3. The molecule has 1 N–H and O–H groups in total. The molecule has 1 aliphatic rings. The van der Waals surface area contributed by atoms with Gasteiger partial charge in [-0.25, -0.2) is 4.39 Å². The van der Waals surface area contributed by atoms with Crippen LogP contribution in [-0.4, -0.2) is 23.4 Å². The zero-order valence-electron chi connectivity index (χ0n) is 13.9. The summed E-state index contributed by atoms with van der Waals surface area (Å²) in [7, 11) is 0. The third kappa shape index (κ3) is 4.42. The molecule has 1 atom stereocenters. The quantitative estimate of drug-likeness (QED) is 0.842. The van der Waals surface area contributed by atoms with E-state index in [-0.39, 0.29) is 17.8 Å². The van der Waals surface area contributed by atoms with E-state index in [1.165, 1.54) is 6.07 Å². The molecule has 0 aromatic heterocycles. The highest BCUT2D eigenvalue weighted by Crippen LogP contribution is 2.28. The first-order chi connectivity index (χ1) is 11.6. The van der Waals surface area contributed by atoms with Crippen LogP contribution in [0.25, 0.3) is 0 Å². The summed E-state index contributed by atoms with van der Waals surface area (Å²) in [5.74, 6) is -0.226. The summed E-state index contributed by atoms with van der Waals surface area (Å²) >= 11 is 0. The minimum atomic E-state index is -0.207. The molecule has 0 saturated heterocycles. The second-order valence-electron chi connectivity index (χ2n) is 6.43. The van der Waals surface area contributed by atoms with Crippen molar-refractivity contribution in [3.8, 4) is 0 Å². The van der Waals surface area contributed by atoms with Crippen LogP contribution in [0.4, 0.5) is 4.39 Å². The Morgan fingerprint density at radius 1 is 1.17 bits per heavy atom. The van der Waals surface area contributed by atoms with Crippen molar-refractivity contribution in [2.45, 2.75) is 38.4 Å². The van der Waals surface area contributed by atoms with E-state index >= 15 is 0 Å². The van der Waals surface area contributed by atoms with E-state index in [1.807, 2.05) is 43.3 Å². The summed E-state index contributed by atoms with van der Waals surface area (Å²) in [4.78, 5) is 14.5. The Bertz CT molecular complexity index is 685. The van der Waals surface area contributed by atoms with Crippen molar-refractivity contribution in [1.29, 1.82) is 0 Å². The molecule has 1 fully saturated rings. The van der Waals surface area contributed by atoms with Gasteiger partial charge in [-0.1, -0.05) is 48.5 Å². The molecule has 0 heterocycles. The highest BCUT2D eigenvalue weighted by molar-refractivity contribution is 5.78. The van der Waals surface area contributed by atoms with E-state index in [0.717, 1.165) is 18.4 Å². The monoisotopic (exact) mass is 326 g/mol. The Morgan fingerprint density at radius 3 is 2.50 bits per heavy atom. The third-order valence-electron chi connectivity index (χ3n) is 4.42. The lowest BCUT2D eigenvalue weighted by Crippen LogP contribution is -2.39. The molecule has 4 heteroatoms. The number of benzene rings is 2. The van der Waals surface area contributed by atoms with Crippen LogP contribution in [0.15, 0.2) is 54.6 Å². The fourth-order valence-electron chi connectivity index (χ4n) is 2.90. The van der Waals surface area contributed by atoms with Crippen molar-refractivity contribution in [2.75, 3.05) is 6.54 Å². The van der Waals surface area contributed by atoms with Gasteiger partial charge in [-0.3, -0.25) is 9.69 Å². The van der Waals surface area contributed by atoms with Gasteiger partial charge in [0.25, 0.3) is 0 Å². The Hall–Kier alpha value is -2.20. The van der Waals surface area contributed by atoms with Crippen LogP contribution in [0.2, 0.25) is 0 Å². The van der Waals surface area contributed by atoms with Crippen molar-refractivity contribution in [3.63, 3.8) is 0 Å². The number of hydrogen-bond acceptors (Lipinski definition) is 2. The van der Waals surface area contributed by atoms with Gasteiger partial charge in [0.1, 0.15) is 5.82 Å². The molecule has 24 heavy (non-hydrogen) atoms. The molecule has 126 valence electrons. The molecule has 2 aromatic carbocycles. The summed E-state index contributed by atoms with van der Waals surface area (Å²) in [5.41, 5.74) is 1.73. The molecule has 0 unspecified atom stereocenters. The van der Waals surface area contributed by atoms with E-state index in [0.29, 0.717) is 24.7 Å². The SMILES string of the molecule is C[C@H](NC(=O)CN(Cc1ccccc1F)C1CC1)c1ccccc1. The molecule has 1 saturated carbocycles. The van der Waals surface area contributed by atoms with Crippen molar-refractivity contribution < 1.29 is 9.18 Å². The standard InChI is InChI=1S/C20H23FN2O/c1-15(16-7-3-2-4-8-16)22-20(24)14-23(18-11-12-18)13-17-9-5-6-10-19(17)21/h2-10,15,18H,11-14H2,1H3,(H,22,24)/t15-/m0/s1. The predicted octanol–water partition coefficient (Wildman–Crippen LogP) is 3.67. The molecule has 2 aromatic rings. The lowest BCUT2D eigenvalue weighted by molar-refractivity contribution is -0.123. The summed E-state index contributed by atoms with van der Waals surface area (Å²) in [6.45, 7) is 2.76. The highest BCUT2D eigenvalue weighted by Gasteiger charge is 2.31. The first-order valence-electron chi connectivity index (χ1n) is 8.45. The number of amides is 1. The number of carbonyl (C=O) groups excluding carboxylic acids is 1. The Morgan fingerprint density at radius 2 is 1.83 bits per heavy atom. The Kier molecular flexibility index (Phi) is 5.26. The molecule has 1 amide bonds. The number of nitrogens with one attached hydrogen (secondary N) is 1. The average Bonchev–Trinajstić information content (AvgIpc) is 3.42. The van der Waals surface area contributed by atoms with E-state index in [9.17, 15) is 9.18 Å². The predicted molar refractivity (Wildman–Crippen MR) is 92.8 cm³/mol. The van der Waals surface area contributed by atoms with Crippen molar-refractivity contribution in [1.82, 2.24) is 10.2 Å². The average molecular weight is 326 g/mol. The maximum atomic E-state index is 13.9. The van der Waals surface area contributed by atoms with Crippen LogP contribution in [-0.2, 0) is 11.3 Å². The fraction of sp³-hybridized carbons (Fsp3) is 0.350. The Labute approximate surface area is 142 Å². The molecule has 1 aliphatic carbocycles. The molecule has 3 rings (SSSR count). The summed E-state index contributed by atoms with van der Waals surface area (Å²) in [6, 6.07) is 17.0. The van der Waals surface area contributed by atoms with E-state index in [2.05, 4.69) is 10.2 Å². The van der Waals surface area contributed by atoms with Gasteiger partial charge in [0, 0.05) is 18.2 Å². The van der Waals surface area contributed by atoms with Gasteiger partial charge in [0.15, 0.2) is 0 Å². The number of rotatable bonds is 7. The number of carbonyl (C=O) groups is 1. The van der Waals surface area contributed by atoms with Gasteiger partial charge in [-0.15, -0.1) is 0 Å². The minimum Gasteiger partial charge on any atom is -0.348 e. The second-order valence-corrected chi connectivity index (χ2v) is 6.43. The zero-order chi connectivity index (χ0) is 16.9. The van der Waals surface area contributed by atoms with E-state index in [4.69, 9.17) is 0 Å². The van der Waals surface area contributed by atoms with Crippen LogP contribution in [0.5, 0.6) is 0 Å². The lowest BCUT2D eigenvalue weighted by Gasteiger charge is -2.23. The van der Waals surface area contributed by atoms with Gasteiger partial charge in [0.05, 0.1) is 12.6 Å². The third-order valence-corrected chi connectivity index (χ3v) is 4.42. The van der Waals surface area contributed by atoms with Gasteiger partial charge < -0.3 is 5.32 Å². The van der Waals surface area contributed by atoms with Gasteiger partial charge in [0.2, 0.25) is 5.91 Å². The first kappa shape index (κ1) is 16.7. The molecule has 0 radical (unpaired) electrons. The van der Waals surface area contributed by atoms with Gasteiger partial charge in [-0.05, 0) is 31.4 Å². The van der Waals surface area contributed by atoms with Crippen molar-refractivity contribution in [3.05, 3.63) is 71.5 Å². The van der Waals surface area contributed by atoms with Crippen LogP contribution >= 0.6 is 0 Å². The van der Waals surface area contributed by atoms with Gasteiger partial charge >= 0.3 is 0 Å². The fourth-order valence-corrected chi connectivity index (χ4v) is 2.90. The van der Waals surface area contributed by atoms with Crippen LogP contribution in [0.1, 0.15) is 36.9 Å². The largest absolute Gasteiger partial charge is 0.348 e. The summed E-state index contributed by atoms with van der Waals surface area (Å²) < 4.78 is 13.9. The summed E-state index contributed by atoms with van der Waals surface area (Å²) in [6.07, 6.45) is 2.16. The van der Waals surface area contributed by atoms with E-state index < -0.39 is 0 Å². The van der Waals surface area contributed by atoms with Crippen LogP contribution < -0.4 is 5.32 Å².